The van der Waals surface area contributed by atoms with E-state index in [1.807, 2.05) is 0 Å². The average molecular weight is 316 g/mol. The highest BCUT2D eigenvalue weighted by Crippen LogP contribution is 2.66. The molecule has 4 fully saturated rings. The summed E-state index contributed by atoms with van der Waals surface area (Å²) in [6, 6.07) is 0. The van der Waals surface area contributed by atoms with Gasteiger partial charge in [-0.1, -0.05) is 12.8 Å². The Hall–Kier alpha value is -0.520. The lowest BCUT2D eigenvalue weighted by atomic mass is 9.48. The van der Waals surface area contributed by atoms with Crippen LogP contribution < -0.4 is 0 Å². The summed E-state index contributed by atoms with van der Waals surface area (Å²) in [5.41, 5.74) is -0.888. The van der Waals surface area contributed by atoms with Gasteiger partial charge in [-0.25, -0.2) is 0 Å². The molecule has 4 aliphatic carbocycles. The van der Waals surface area contributed by atoms with Crippen LogP contribution in [0.25, 0.3) is 0 Å². The number of terminal acetylenes is 1. The maximum absolute atomic E-state index is 11.1. The van der Waals surface area contributed by atoms with Crippen LogP contribution in [-0.2, 0) is 0 Å². The predicted molar refractivity (Wildman–Crippen MR) is 91.5 cm³/mol. The molecule has 0 heterocycles. The van der Waals surface area contributed by atoms with Gasteiger partial charge in [0.25, 0.3) is 0 Å². The fourth-order valence-corrected chi connectivity index (χ4v) is 7.61. The van der Waals surface area contributed by atoms with Crippen molar-refractivity contribution in [1.29, 1.82) is 0 Å². The smallest absolute Gasteiger partial charge is 0.131 e. The molecule has 23 heavy (non-hydrogen) atoms. The van der Waals surface area contributed by atoms with Crippen LogP contribution in [0.1, 0.15) is 71.1 Å². The minimum atomic E-state index is -0.864. The van der Waals surface area contributed by atoms with Crippen LogP contribution in [0.4, 0.5) is 0 Å². The first kappa shape index (κ1) is 16.0. The molecule has 2 N–H and O–H groups in total. The van der Waals surface area contributed by atoms with Gasteiger partial charge in [0.15, 0.2) is 0 Å². The fraction of sp³-hybridized carbons (Fsp3) is 0.905. The topological polar surface area (TPSA) is 40.5 Å². The molecule has 0 spiro atoms. The maximum Gasteiger partial charge on any atom is 0.131 e. The SMILES string of the molecule is C#C[C@]1(O)CC[C@@H]2[C@@H]3CC[C@H]4C[C@@H](O)CC[C@@H]4[C@@H]3CC[C@@]21CC. The van der Waals surface area contributed by atoms with Crippen molar-refractivity contribution in [3.05, 3.63) is 0 Å². The van der Waals surface area contributed by atoms with E-state index in [0.29, 0.717) is 5.92 Å². The molecular formula is C21H32O2. The van der Waals surface area contributed by atoms with E-state index >= 15 is 0 Å². The van der Waals surface area contributed by atoms with E-state index < -0.39 is 5.60 Å². The van der Waals surface area contributed by atoms with E-state index in [0.717, 1.165) is 62.2 Å². The second-order valence-corrected chi connectivity index (χ2v) is 8.99. The standard InChI is InChI=1S/C21H32O2/c1-3-20-11-9-17-16-8-6-15(22)13-14(16)5-7-18(17)19(20)10-12-21(20,23)4-2/h2,14-19,22-23H,3,5-13H2,1H3/t14-,15-,16-,17-,18+,19+,20-,21-/m0/s1. The molecule has 0 amide bonds. The molecule has 0 saturated heterocycles. The highest BCUT2D eigenvalue weighted by Gasteiger charge is 2.63. The highest BCUT2D eigenvalue weighted by atomic mass is 16.3. The number of hydrogen-bond acceptors (Lipinski definition) is 2. The Morgan fingerprint density at radius 2 is 1.78 bits per heavy atom. The lowest BCUT2D eigenvalue weighted by molar-refractivity contribution is -0.121. The zero-order valence-electron chi connectivity index (χ0n) is 14.5. The molecule has 128 valence electrons. The van der Waals surface area contributed by atoms with Crippen molar-refractivity contribution < 1.29 is 10.2 Å². The summed E-state index contributed by atoms with van der Waals surface area (Å²) in [6.07, 6.45) is 16.9. The Bertz CT molecular complexity index is 508. The van der Waals surface area contributed by atoms with E-state index in [2.05, 4.69) is 12.8 Å². The Morgan fingerprint density at radius 1 is 1.00 bits per heavy atom. The summed E-state index contributed by atoms with van der Waals surface area (Å²) in [5.74, 6) is 6.61. The fourth-order valence-electron chi connectivity index (χ4n) is 7.61. The lowest BCUT2D eigenvalue weighted by Gasteiger charge is -2.57. The molecule has 0 aromatic heterocycles. The number of aliphatic hydroxyl groups excluding tert-OH is 1. The normalized spacial score (nSPS) is 55.4. The molecule has 0 aliphatic heterocycles. The highest BCUT2D eigenvalue weighted by molar-refractivity contribution is 5.24. The summed E-state index contributed by atoms with van der Waals surface area (Å²) in [5, 5.41) is 21.2. The van der Waals surface area contributed by atoms with Crippen LogP contribution in [0, 0.1) is 47.3 Å². The van der Waals surface area contributed by atoms with Crippen molar-refractivity contribution in [3.8, 4) is 12.3 Å². The molecule has 8 atom stereocenters. The van der Waals surface area contributed by atoms with E-state index in [-0.39, 0.29) is 11.5 Å². The number of hydrogen-bond donors (Lipinski definition) is 2. The summed E-state index contributed by atoms with van der Waals surface area (Å²) in [7, 11) is 0. The van der Waals surface area contributed by atoms with Crippen molar-refractivity contribution in [2.45, 2.75) is 82.8 Å². The molecule has 0 aromatic rings. The largest absolute Gasteiger partial charge is 0.393 e. The zero-order valence-corrected chi connectivity index (χ0v) is 14.5. The van der Waals surface area contributed by atoms with Gasteiger partial charge in [0.1, 0.15) is 5.60 Å². The number of aliphatic hydroxyl groups is 2. The second kappa shape index (κ2) is 5.50. The molecule has 0 radical (unpaired) electrons. The maximum atomic E-state index is 11.1. The molecular weight excluding hydrogens is 284 g/mol. The summed E-state index contributed by atoms with van der Waals surface area (Å²) in [4.78, 5) is 0. The second-order valence-electron chi connectivity index (χ2n) is 8.99. The third-order valence-corrected chi connectivity index (χ3v) is 8.65. The summed E-state index contributed by atoms with van der Waals surface area (Å²) in [6.45, 7) is 2.24. The number of rotatable bonds is 1. The quantitative estimate of drug-likeness (QED) is 0.723. The van der Waals surface area contributed by atoms with E-state index in [4.69, 9.17) is 6.42 Å². The van der Waals surface area contributed by atoms with Crippen LogP contribution in [0.15, 0.2) is 0 Å². The number of fused-ring (bicyclic) bond motifs is 5. The van der Waals surface area contributed by atoms with Crippen molar-refractivity contribution in [2.24, 2.45) is 35.0 Å². The Kier molecular flexibility index (Phi) is 3.82. The van der Waals surface area contributed by atoms with Gasteiger partial charge in [-0.05, 0) is 93.8 Å². The van der Waals surface area contributed by atoms with Gasteiger partial charge in [0, 0.05) is 5.41 Å². The third kappa shape index (κ3) is 2.09. The molecule has 0 unspecified atom stereocenters. The predicted octanol–water partition coefficient (Wildman–Crippen LogP) is 3.75. The summed E-state index contributed by atoms with van der Waals surface area (Å²) < 4.78 is 0. The monoisotopic (exact) mass is 316 g/mol. The first-order chi connectivity index (χ1) is 11.0. The lowest BCUT2D eigenvalue weighted by Crippen LogP contribution is -2.54. The molecule has 4 rings (SSSR count). The van der Waals surface area contributed by atoms with Gasteiger partial charge in [-0.15, -0.1) is 6.42 Å². The van der Waals surface area contributed by atoms with Crippen LogP contribution in [0.5, 0.6) is 0 Å². The minimum Gasteiger partial charge on any atom is -0.393 e. The van der Waals surface area contributed by atoms with Crippen LogP contribution in [0.3, 0.4) is 0 Å². The van der Waals surface area contributed by atoms with Crippen molar-refractivity contribution in [1.82, 2.24) is 0 Å². The molecule has 4 saturated carbocycles. The third-order valence-electron chi connectivity index (χ3n) is 8.65. The van der Waals surface area contributed by atoms with Gasteiger partial charge in [-0.3, -0.25) is 0 Å². The Morgan fingerprint density at radius 3 is 2.52 bits per heavy atom. The van der Waals surface area contributed by atoms with Gasteiger partial charge in [0.2, 0.25) is 0 Å². The van der Waals surface area contributed by atoms with Crippen LogP contribution in [-0.4, -0.2) is 21.9 Å². The first-order valence-corrected chi connectivity index (χ1v) is 9.93. The van der Waals surface area contributed by atoms with Gasteiger partial charge >= 0.3 is 0 Å². The van der Waals surface area contributed by atoms with Gasteiger partial charge in [0.05, 0.1) is 6.10 Å². The minimum absolute atomic E-state index is 0.0239. The Balaban J connectivity index is 1.62. The zero-order chi connectivity index (χ0) is 16.2. The summed E-state index contributed by atoms with van der Waals surface area (Å²) >= 11 is 0. The van der Waals surface area contributed by atoms with E-state index in [9.17, 15) is 10.2 Å². The molecule has 2 nitrogen and oxygen atoms in total. The molecule has 4 aliphatic rings. The van der Waals surface area contributed by atoms with Crippen molar-refractivity contribution in [3.63, 3.8) is 0 Å². The van der Waals surface area contributed by atoms with Crippen LogP contribution in [0.2, 0.25) is 0 Å². The molecule has 0 bridgehead atoms. The van der Waals surface area contributed by atoms with Gasteiger partial charge < -0.3 is 10.2 Å². The van der Waals surface area contributed by atoms with Crippen molar-refractivity contribution in [2.75, 3.05) is 0 Å². The molecule has 2 heteroatoms. The first-order valence-electron chi connectivity index (χ1n) is 9.93. The van der Waals surface area contributed by atoms with E-state index in [1.165, 1.54) is 25.7 Å². The average Bonchev–Trinajstić information content (AvgIpc) is 2.88. The van der Waals surface area contributed by atoms with Gasteiger partial charge in [-0.2, -0.15) is 0 Å². The molecule has 0 aromatic carbocycles. The van der Waals surface area contributed by atoms with Crippen LogP contribution >= 0.6 is 0 Å². The van der Waals surface area contributed by atoms with Crippen molar-refractivity contribution >= 4 is 0 Å². The Labute approximate surface area is 141 Å². The van der Waals surface area contributed by atoms with E-state index in [1.54, 1.807) is 0 Å².